The first kappa shape index (κ1) is 17.9. The van der Waals surface area contributed by atoms with Crippen LogP contribution in [-0.2, 0) is 9.59 Å². The van der Waals surface area contributed by atoms with Crippen molar-refractivity contribution in [3.8, 4) is 0 Å². The van der Waals surface area contributed by atoms with Gasteiger partial charge in [-0.05, 0) is 67.8 Å². The number of nitrogens with one attached hydrogen (secondary N) is 3. The molecule has 26 heavy (non-hydrogen) atoms. The molecule has 1 fully saturated rings. The summed E-state index contributed by atoms with van der Waals surface area (Å²) in [5.41, 5.74) is 2.08. The quantitative estimate of drug-likeness (QED) is 0.703. The lowest BCUT2D eigenvalue weighted by Gasteiger charge is -2.18. The van der Waals surface area contributed by atoms with E-state index in [1.165, 1.54) is 24.3 Å². The van der Waals surface area contributed by atoms with Crippen LogP contribution in [0.3, 0.4) is 0 Å². The Morgan fingerprint density at radius 2 is 1.50 bits per heavy atom. The minimum atomic E-state index is -0.424. The summed E-state index contributed by atoms with van der Waals surface area (Å²) in [5.74, 6) is -0.310. The maximum atomic E-state index is 12.9. The molecule has 0 saturated heterocycles. The molecule has 1 atom stereocenters. The SMILES string of the molecule is CC[C@@H](Nc1ccc(NC(=O)C2CC2)cc1)C(=O)Nc1ccc(F)cc1. The minimum absolute atomic E-state index is 0.0656. The van der Waals surface area contributed by atoms with Gasteiger partial charge in [0.2, 0.25) is 11.8 Å². The van der Waals surface area contributed by atoms with Crippen LogP contribution in [0, 0.1) is 11.7 Å². The maximum absolute atomic E-state index is 12.9. The van der Waals surface area contributed by atoms with E-state index in [4.69, 9.17) is 0 Å². The predicted octanol–water partition coefficient (Wildman–Crippen LogP) is 4.00. The number of carbonyl (C=O) groups excluding carboxylic acids is 2. The number of halogens is 1. The van der Waals surface area contributed by atoms with Crippen molar-refractivity contribution in [3.63, 3.8) is 0 Å². The highest BCUT2D eigenvalue weighted by Crippen LogP contribution is 2.30. The van der Waals surface area contributed by atoms with E-state index in [9.17, 15) is 14.0 Å². The highest BCUT2D eigenvalue weighted by Gasteiger charge is 2.29. The average Bonchev–Trinajstić information content (AvgIpc) is 3.48. The molecule has 0 spiro atoms. The normalized spacial score (nSPS) is 14.4. The molecule has 0 bridgehead atoms. The third-order valence-electron chi connectivity index (χ3n) is 4.28. The van der Waals surface area contributed by atoms with Crippen LogP contribution in [0.5, 0.6) is 0 Å². The fourth-order valence-electron chi connectivity index (χ4n) is 2.56. The second-order valence-corrected chi connectivity index (χ2v) is 6.44. The number of amides is 2. The van der Waals surface area contributed by atoms with Crippen molar-refractivity contribution in [2.45, 2.75) is 32.2 Å². The molecule has 0 radical (unpaired) electrons. The van der Waals surface area contributed by atoms with Gasteiger partial charge in [-0.1, -0.05) is 6.92 Å². The van der Waals surface area contributed by atoms with Gasteiger partial charge >= 0.3 is 0 Å². The van der Waals surface area contributed by atoms with E-state index in [-0.39, 0.29) is 23.5 Å². The van der Waals surface area contributed by atoms with E-state index < -0.39 is 6.04 Å². The second-order valence-electron chi connectivity index (χ2n) is 6.44. The summed E-state index contributed by atoms with van der Waals surface area (Å²) >= 11 is 0. The molecule has 0 heterocycles. The van der Waals surface area contributed by atoms with Crippen molar-refractivity contribution in [2.75, 3.05) is 16.0 Å². The number of hydrogen-bond acceptors (Lipinski definition) is 3. The topological polar surface area (TPSA) is 70.2 Å². The maximum Gasteiger partial charge on any atom is 0.246 e. The molecule has 2 amide bonds. The minimum Gasteiger partial charge on any atom is -0.374 e. The first-order chi connectivity index (χ1) is 12.5. The molecule has 1 saturated carbocycles. The van der Waals surface area contributed by atoms with Crippen LogP contribution in [0.1, 0.15) is 26.2 Å². The Morgan fingerprint density at radius 1 is 0.962 bits per heavy atom. The largest absolute Gasteiger partial charge is 0.374 e. The molecular weight excluding hydrogens is 333 g/mol. The molecule has 0 aromatic heterocycles. The van der Waals surface area contributed by atoms with Gasteiger partial charge in [-0.2, -0.15) is 0 Å². The molecule has 1 aliphatic rings. The summed E-state index contributed by atoms with van der Waals surface area (Å²) < 4.78 is 12.9. The standard InChI is InChI=1S/C20H22FN3O2/c1-2-18(20(26)24-16-7-5-14(21)6-8-16)22-15-9-11-17(12-10-15)23-19(25)13-3-4-13/h5-13,18,22H,2-4H2,1H3,(H,23,25)(H,24,26)/t18-/m1/s1. The van der Waals surface area contributed by atoms with Gasteiger partial charge in [0.05, 0.1) is 0 Å². The summed E-state index contributed by atoms with van der Waals surface area (Å²) in [5, 5.41) is 8.83. The average molecular weight is 355 g/mol. The highest BCUT2D eigenvalue weighted by atomic mass is 19.1. The summed E-state index contributed by atoms with van der Waals surface area (Å²) in [7, 11) is 0. The van der Waals surface area contributed by atoms with Gasteiger partial charge in [0.25, 0.3) is 0 Å². The molecule has 136 valence electrons. The lowest BCUT2D eigenvalue weighted by Crippen LogP contribution is -2.34. The van der Waals surface area contributed by atoms with Crippen LogP contribution < -0.4 is 16.0 Å². The Morgan fingerprint density at radius 3 is 2.08 bits per heavy atom. The number of hydrogen-bond donors (Lipinski definition) is 3. The Labute approximate surface area is 152 Å². The zero-order valence-corrected chi connectivity index (χ0v) is 14.6. The van der Waals surface area contributed by atoms with Crippen molar-refractivity contribution in [1.82, 2.24) is 0 Å². The fourth-order valence-corrected chi connectivity index (χ4v) is 2.56. The number of benzene rings is 2. The lowest BCUT2D eigenvalue weighted by molar-refractivity contribution is -0.117. The lowest BCUT2D eigenvalue weighted by atomic mass is 10.1. The van der Waals surface area contributed by atoms with Crippen LogP contribution in [0.15, 0.2) is 48.5 Å². The van der Waals surface area contributed by atoms with Gasteiger partial charge in [0.1, 0.15) is 11.9 Å². The highest BCUT2D eigenvalue weighted by molar-refractivity contribution is 5.97. The van der Waals surface area contributed by atoms with Crippen LogP contribution in [0.2, 0.25) is 0 Å². The van der Waals surface area contributed by atoms with Gasteiger partial charge in [0, 0.05) is 23.0 Å². The molecule has 1 aliphatic carbocycles. The van der Waals surface area contributed by atoms with E-state index in [0.717, 1.165) is 24.2 Å². The van der Waals surface area contributed by atoms with Gasteiger partial charge in [0.15, 0.2) is 0 Å². The Balaban J connectivity index is 1.57. The van der Waals surface area contributed by atoms with E-state index in [1.54, 1.807) is 0 Å². The first-order valence-electron chi connectivity index (χ1n) is 8.79. The van der Waals surface area contributed by atoms with E-state index in [1.807, 2.05) is 31.2 Å². The van der Waals surface area contributed by atoms with Gasteiger partial charge in [-0.25, -0.2) is 4.39 Å². The van der Waals surface area contributed by atoms with Crippen molar-refractivity contribution < 1.29 is 14.0 Å². The van der Waals surface area contributed by atoms with Gasteiger partial charge in [-0.15, -0.1) is 0 Å². The Hall–Kier alpha value is -2.89. The molecule has 0 aliphatic heterocycles. The van der Waals surface area contributed by atoms with Gasteiger partial charge in [-0.3, -0.25) is 9.59 Å². The monoisotopic (exact) mass is 355 g/mol. The van der Waals surface area contributed by atoms with Crippen LogP contribution >= 0.6 is 0 Å². The third kappa shape index (κ3) is 4.81. The molecule has 5 nitrogen and oxygen atoms in total. The van der Waals surface area contributed by atoms with E-state index in [2.05, 4.69) is 16.0 Å². The summed E-state index contributed by atoms with van der Waals surface area (Å²) in [6.45, 7) is 1.91. The van der Waals surface area contributed by atoms with Crippen molar-refractivity contribution in [3.05, 3.63) is 54.3 Å². The smallest absolute Gasteiger partial charge is 0.246 e. The summed E-state index contributed by atoms with van der Waals surface area (Å²) in [6.07, 6.45) is 2.52. The van der Waals surface area contributed by atoms with Crippen LogP contribution in [0.4, 0.5) is 21.5 Å². The Kier molecular flexibility index (Phi) is 5.51. The first-order valence-corrected chi connectivity index (χ1v) is 8.79. The summed E-state index contributed by atoms with van der Waals surface area (Å²) in [6, 6.07) is 12.5. The molecule has 3 N–H and O–H groups in total. The predicted molar refractivity (Wildman–Crippen MR) is 101 cm³/mol. The number of carbonyl (C=O) groups is 2. The Bertz CT molecular complexity index is 771. The number of rotatable bonds is 7. The van der Waals surface area contributed by atoms with Crippen molar-refractivity contribution >= 4 is 28.9 Å². The van der Waals surface area contributed by atoms with Crippen molar-refractivity contribution in [1.29, 1.82) is 0 Å². The van der Waals surface area contributed by atoms with E-state index in [0.29, 0.717) is 12.1 Å². The second kappa shape index (κ2) is 7.99. The summed E-state index contributed by atoms with van der Waals surface area (Å²) in [4.78, 5) is 24.2. The van der Waals surface area contributed by atoms with E-state index >= 15 is 0 Å². The molecule has 3 rings (SSSR count). The van der Waals surface area contributed by atoms with Gasteiger partial charge < -0.3 is 16.0 Å². The van der Waals surface area contributed by atoms with Crippen molar-refractivity contribution in [2.24, 2.45) is 5.92 Å². The molecular formula is C20H22FN3O2. The van der Waals surface area contributed by atoms with Crippen LogP contribution in [-0.4, -0.2) is 17.9 Å². The zero-order valence-electron chi connectivity index (χ0n) is 14.6. The molecule has 2 aromatic carbocycles. The van der Waals surface area contributed by atoms with Crippen LogP contribution in [0.25, 0.3) is 0 Å². The number of anilines is 3. The fraction of sp³-hybridized carbons (Fsp3) is 0.300. The molecule has 6 heteroatoms. The third-order valence-corrected chi connectivity index (χ3v) is 4.28. The zero-order chi connectivity index (χ0) is 18.5. The molecule has 2 aromatic rings. The molecule has 0 unspecified atom stereocenters.